The Balaban J connectivity index is 1.90. The van der Waals surface area contributed by atoms with E-state index in [1.54, 1.807) is 7.11 Å². The molecule has 0 bridgehead atoms. The van der Waals surface area contributed by atoms with Crippen LogP contribution in [-0.2, 0) is 14.0 Å². The minimum Gasteiger partial charge on any atom is -0.399 e. The molecule has 1 aliphatic heterocycles. The molecule has 0 atom stereocenters. The summed E-state index contributed by atoms with van der Waals surface area (Å²) in [5.74, 6) is 1.55. The van der Waals surface area contributed by atoms with Crippen molar-refractivity contribution in [3.05, 3.63) is 35.6 Å². The third-order valence-corrected chi connectivity index (χ3v) is 6.32. The molecule has 0 amide bonds. The summed E-state index contributed by atoms with van der Waals surface area (Å²) in [6.45, 7) is 12.5. The fourth-order valence-corrected chi connectivity index (χ4v) is 3.80. The second-order valence-corrected chi connectivity index (χ2v) is 8.76. The lowest BCUT2D eigenvalue weighted by atomic mass is 9.79. The molecule has 1 saturated heterocycles. The Morgan fingerprint density at radius 1 is 1.11 bits per heavy atom. The van der Waals surface area contributed by atoms with Gasteiger partial charge >= 0.3 is 7.12 Å². The van der Waals surface area contributed by atoms with Gasteiger partial charge in [0.15, 0.2) is 5.82 Å². The van der Waals surface area contributed by atoms with E-state index in [2.05, 4.69) is 38.9 Å². The fourth-order valence-electron chi connectivity index (χ4n) is 2.73. The van der Waals surface area contributed by atoms with E-state index in [1.165, 1.54) is 11.9 Å². The van der Waals surface area contributed by atoms with Gasteiger partial charge in [-0.3, -0.25) is 4.31 Å². The van der Waals surface area contributed by atoms with Crippen LogP contribution < -0.4 is 9.77 Å². The van der Waals surface area contributed by atoms with Crippen LogP contribution >= 0.6 is 11.9 Å². The van der Waals surface area contributed by atoms with Crippen LogP contribution in [0.15, 0.2) is 33.7 Å². The van der Waals surface area contributed by atoms with Crippen LogP contribution in [0.5, 0.6) is 0 Å². The summed E-state index contributed by atoms with van der Waals surface area (Å²) in [6.07, 6.45) is 0. The van der Waals surface area contributed by atoms with Gasteiger partial charge in [0.25, 0.3) is 0 Å². The van der Waals surface area contributed by atoms with Gasteiger partial charge in [-0.15, -0.1) is 0 Å². The molecule has 2 heterocycles. The minimum atomic E-state index is -0.428. The molecular weight excluding hydrogens is 363 g/mol. The largest absolute Gasteiger partial charge is 0.496 e. The maximum atomic E-state index is 6.25. The first-order chi connectivity index (χ1) is 12.7. The summed E-state index contributed by atoms with van der Waals surface area (Å²) in [4.78, 5) is 1.02. The lowest BCUT2D eigenvalue weighted by Crippen LogP contribution is -2.41. The Bertz CT molecular complexity index is 793. The number of ether oxygens (including phenoxy) is 1. The number of benzene rings is 1. The zero-order chi connectivity index (χ0) is 19.8. The van der Waals surface area contributed by atoms with Crippen molar-refractivity contribution in [1.82, 2.24) is 5.16 Å². The number of nitrogens with zero attached hydrogens (tertiary/aromatic N) is 2. The van der Waals surface area contributed by atoms with E-state index >= 15 is 0 Å². The molecule has 0 spiro atoms. The predicted molar refractivity (Wildman–Crippen MR) is 108 cm³/mol. The molecule has 1 fully saturated rings. The molecule has 146 valence electrons. The molecule has 0 saturated carbocycles. The van der Waals surface area contributed by atoms with Crippen LogP contribution in [0.1, 0.15) is 39.0 Å². The van der Waals surface area contributed by atoms with Gasteiger partial charge in [0.05, 0.1) is 11.2 Å². The molecule has 0 radical (unpaired) electrons. The molecule has 1 aromatic heterocycles. The SMILES string of the molecule is COCN(Sc1ccccc1B1OC(C)(C)C(C)(C)O1)c1noc(C)c1C. The van der Waals surface area contributed by atoms with Crippen molar-refractivity contribution in [3.63, 3.8) is 0 Å². The monoisotopic (exact) mass is 390 g/mol. The zero-order valence-corrected chi connectivity index (χ0v) is 17.8. The number of methoxy groups -OCH3 is 1. The molecule has 2 aromatic rings. The van der Waals surface area contributed by atoms with Gasteiger partial charge in [-0.2, -0.15) is 0 Å². The number of hydrogen-bond donors (Lipinski definition) is 0. The van der Waals surface area contributed by atoms with Gasteiger partial charge < -0.3 is 18.6 Å². The van der Waals surface area contributed by atoms with Gasteiger partial charge in [0.1, 0.15) is 12.5 Å². The first-order valence-electron chi connectivity index (χ1n) is 8.98. The second-order valence-electron chi connectivity index (χ2n) is 7.70. The normalized spacial score (nSPS) is 18.1. The Morgan fingerprint density at radius 2 is 1.74 bits per heavy atom. The van der Waals surface area contributed by atoms with E-state index in [4.69, 9.17) is 18.6 Å². The van der Waals surface area contributed by atoms with Crippen LogP contribution in [0.25, 0.3) is 0 Å². The number of aryl methyl sites for hydroxylation is 1. The van der Waals surface area contributed by atoms with Gasteiger partial charge in [0.2, 0.25) is 0 Å². The van der Waals surface area contributed by atoms with E-state index in [1.807, 2.05) is 36.4 Å². The lowest BCUT2D eigenvalue weighted by molar-refractivity contribution is 0.00578. The summed E-state index contributed by atoms with van der Waals surface area (Å²) in [6, 6.07) is 8.09. The van der Waals surface area contributed by atoms with E-state index < -0.39 is 7.12 Å². The van der Waals surface area contributed by atoms with Gasteiger partial charge in [-0.05, 0) is 65.0 Å². The highest BCUT2D eigenvalue weighted by Gasteiger charge is 2.52. The van der Waals surface area contributed by atoms with Crippen molar-refractivity contribution in [2.75, 3.05) is 18.1 Å². The van der Waals surface area contributed by atoms with Crippen LogP contribution in [0.4, 0.5) is 5.82 Å². The molecule has 3 rings (SSSR count). The summed E-state index contributed by atoms with van der Waals surface area (Å²) >= 11 is 1.53. The highest BCUT2D eigenvalue weighted by Crippen LogP contribution is 2.38. The maximum absolute atomic E-state index is 6.25. The third-order valence-electron chi connectivity index (χ3n) is 5.25. The van der Waals surface area contributed by atoms with Crippen molar-refractivity contribution in [1.29, 1.82) is 0 Å². The number of aromatic nitrogens is 1. The van der Waals surface area contributed by atoms with E-state index in [9.17, 15) is 0 Å². The van der Waals surface area contributed by atoms with Crippen molar-refractivity contribution >= 4 is 30.3 Å². The highest BCUT2D eigenvalue weighted by atomic mass is 32.2. The fraction of sp³-hybridized carbons (Fsp3) is 0.526. The molecule has 0 aliphatic carbocycles. The predicted octanol–water partition coefficient (Wildman–Crippen LogP) is 3.71. The van der Waals surface area contributed by atoms with Crippen LogP contribution in [0.3, 0.4) is 0 Å². The Kier molecular flexibility index (Phi) is 5.63. The topological polar surface area (TPSA) is 57.0 Å². The van der Waals surface area contributed by atoms with Gasteiger partial charge in [0, 0.05) is 17.6 Å². The van der Waals surface area contributed by atoms with E-state index in [0.29, 0.717) is 6.73 Å². The molecule has 1 aromatic carbocycles. The van der Waals surface area contributed by atoms with Crippen LogP contribution in [0, 0.1) is 13.8 Å². The molecule has 0 N–H and O–H groups in total. The third kappa shape index (κ3) is 3.89. The average Bonchev–Trinajstić information content (AvgIpc) is 3.03. The lowest BCUT2D eigenvalue weighted by Gasteiger charge is -2.32. The Morgan fingerprint density at radius 3 is 2.30 bits per heavy atom. The molecular formula is C19H27BN2O4S. The number of rotatable bonds is 6. The average molecular weight is 390 g/mol. The summed E-state index contributed by atoms with van der Waals surface area (Å²) in [5, 5.41) is 4.19. The van der Waals surface area contributed by atoms with Crippen LogP contribution in [-0.4, -0.2) is 37.3 Å². The smallest absolute Gasteiger partial charge is 0.399 e. The van der Waals surface area contributed by atoms with Crippen molar-refractivity contribution < 1.29 is 18.6 Å². The quantitative estimate of drug-likeness (QED) is 0.423. The Hall–Kier alpha value is -1.48. The minimum absolute atomic E-state index is 0.370. The molecule has 8 heteroatoms. The van der Waals surface area contributed by atoms with Gasteiger partial charge in [-0.1, -0.05) is 23.4 Å². The Labute approximate surface area is 165 Å². The molecule has 6 nitrogen and oxygen atoms in total. The molecule has 1 aliphatic rings. The molecule has 0 unspecified atom stereocenters. The van der Waals surface area contributed by atoms with Crippen LogP contribution in [0.2, 0.25) is 0 Å². The second kappa shape index (κ2) is 7.51. The maximum Gasteiger partial charge on any atom is 0.496 e. The summed E-state index contributed by atoms with van der Waals surface area (Å²) in [7, 11) is 1.24. The summed E-state index contributed by atoms with van der Waals surface area (Å²) < 4.78 is 25.2. The highest BCUT2D eigenvalue weighted by molar-refractivity contribution is 8.00. The van der Waals surface area contributed by atoms with Crippen molar-refractivity contribution in [2.24, 2.45) is 0 Å². The van der Waals surface area contributed by atoms with Gasteiger partial charge in [-0.25, -0.2) is 0 Å². The zero-order valence-electron chi connectivity index (χ0n) is 17.0. The number of anilines is 1. The molecule has 27 heavy (non-hydrogen) atoms. The first kappa shape index (κ1) is 20.3. The van der Waals surface area contributed by atoms with Crippen molar-refractivity contribution in [2.45, 2.75) is 57.6 Å². The van der Waals surface area contributed by atoms with E-state index in [-0.39, 0.29) is 11.2 Å². The standard InChI is InChI=1S/C19H27BN2O4S/c1-13-14(2)24-21-17(13)22(12-23-7)27-16-11-9-8-10-15(16)20-25-18(3,4)19(5,6)26-20/h8-11H,12H2,1-7H3. The van der Waals surface area contributed by atoms with Crippen molar-refractivity contribution in [3.8, 4) is 0 Å². The number of hydrogen-bond acceptors (Lipinski definition) is 7. The first-order valence-corrected chi connectivity index (χ1v) is 9.75. The van der Waals surface area contributed by atoms with E-state index in [0.717, 1.165) is 27.5 Å². The summed E-state index contributed by atoms with van der Waals surface area (Å²) in [5.41, 5.74) is 1.20.